The third kappa shape index (κ3) is 3.44. The molecule has 1 aromatic heterocycles. The number of carboxylic acids is 1. The molecule has 1 aromatic carbocycles. The van der Waals surface area contributed by atoms with Gasteiger partial charge in [-0.1, -0.05) is 19.1 Å². The van der Waals surface area contributed by atoms with Gasteiger partial charge in [0.15, 0.2) is 0 Å². The van der Waals surface area contributed by atoms with Crippen LogP contribution in [-0.4, -0.2) is 38.0 Å². The second kappa shape index (κ2) is 6.17. The molecule has 1 amide bonds. The van der Waals surface area contributed by atoms with Crippen molar-refractivity contribution in [2.24, 2.45) is 5.92 Å². The zero-order valence-electron chi connectivity index (χ0n) is 11.7. The van der Waals surface area contributed by atoms with E-state index >= 15 is 0 Å². The highest BCUT2D eigenvalue weighted by Crippen LogP contribution is 2.09. The topological polar surface area (TPSA) is 97.1 Å². The Morgan fingerprint density at radius 1 is 1.24 bits per heavy atom. The zero-order chi connectivity index (χ0) is 15.4. The molecule has 2 N–H and O–H groups in total. The molecule has 0 saturated carbocycles. The molecule has 0 spiro atoms. The Bertz CT molecular complexity index is 620. The maximum absolute atomic E-state index is 12.1. The van der Waals surface area contributed by atoms with Gasteiger partial charge in [0.2, 0.25) is 0 Å². The average Bonchev–Trinajstić information content (AvgIpc) is 2.98. The first-order valence-electron chi connectivity index (χ1n) is 6.49. The van der Waals surface area contributed by atoms with E-state index in [-0.39, 0.29) is 5.92 Å². The minimum absolute atomic E-state index is 0.194. The predicted octanol–water partition coefficient (Wildman–Crippen LogP) is 1.11. The average molecular weight is 288 g/mol. The van der Waals surface area contributed by atoms with Gasteiger partial charge in [-0.05, 0) is 30.2 Å². The lowest BCUT2D eigenvalue weighted by Gasteiger charge is -2.17. The fraction of sp³-hybridized carbons (Fsp3) is 0.286. The molecule has 110 valence electrons. The molecule has 1 atom stereocenters. The van der Waals surface area contributed by atoms with Crippen LogP contribution in [0.5, 0.6) is 0 Å². The summed E-state index contributed by atoms with van der Waals surface area (Å²) in [7, 11) is 0. The number of hydrogen-bond acceptors (Lipinski definition) is 4. The lowest BCUT2D eigenvalue weighted by atomic mass is 10.0. The number of benzene rings is 1. The van der Waals surface area contributed by atoms with Gasteiger partial charge in [-0.15, -0.1) is 5.10 Å². The van der Waals surface area contributed by atoms with Crippen molar-refractivity contribution in [1.29, 1.82) is 0 Å². The smallest absolute Gasteiger partial charge is 0.326 e. The quantitative estimate of drug-likeness (QED) is 0.859. The summed E-state index contributed by atoms with van der Waals surface area (Å²) in [6, 6.07) is 5.76. The van der Waals surface area contributed by atoms with E-state index in [1.807, 2.05) is 0 Å². The van der Waals surface area contributed by atoms with E-state index < -0.39 is 17.9 Å². The van der Waals surface area contributed by atoms with Gasteiger partial charge in [-0.25, -0.2) is 9.48 Å². The van der Waals surface area contributed by atoms with Crippen LogP contribution in [0.15, 0.2) is 36.7 Å². The predicted molar refractivity (Wildman–Crippen MR) is 75.1 cm³/mol. The molecule has 21 heavy (non-hydrogen) atoms. The molecule has 2 aromatic rings. The van der Waals surface area contributed by atoms with Gasteiger partial charge in [-0.2, -0.15) is 0 Å². The number of carboxylic acid groups (broad SMARTS) is 1. The molecule has 0 radical (unpaired) electrons. The molecule has 7 nitrogen and oxygen atoms in total. The van der Waals surface area contributed by atoms with Crippen molar-refractivity contribution < 1.29 is 14.7 Å². The summed E-state index contributed by atoms with van der Waals surface area (Å²) >= 11 is 0. The second-order valence-corrected chi connectivity index (χ2v) is 4.93. The van der Waals surface area contributed by atoms with Gasteiger partial charge in [0.25, 0.3) is 5.91 Å². The number of carbonyl (C=O) groups excluding carboxylic acids is 1. The largest absolute Gasteiger partial charge is 0.480 e. The van der Waals surface area contributed by atoms with Crippen molar-refractivity contribution in [3.05, 3.63) is 42.2 Å². The monoisotopic (exact) mass is 288 g/mol. The Balaban J connectivity index is 2.11. The van der Waals surface area contributed by atoms with Crippen molar-refractivity contribution in [3.8, 4) is 5.69 Å². The van der Waals surface area contributed by atoms with Crippen LogP contribution < -0.4 is 5.32 Å². The van der Waals surface area contributed by atoms with Crippen LogP contribution in [-0.2, 0) is 4.79 Å². The zero-order valence-corrected chi connectivity index (χ0v) is 11.7. The first-order valence-corrected chi connectivity index (χ1v) is 6.49. The van der Waals surface area contributed by atoms with E-state index in [0.29, 0.717) is 5.56 Å². The number of rotatable bonds is 5. The molecule has 0 aliphatic rings. The Kier molecular flexibility index (Phi) is 4.32. The van der Waals surface area contributed by atoms with Gasteiger partial charge in [0, 0.05) is 5.56 Å². The van der Waals surface area contributed by atoms with Crippen molar-refractivity contribution in [2.45, 2.75) is 19.9 Å². The molecule has 0 saturated heterocycles. The highest BCUT2D eigenvalue weighted by molar-refractivity contribution is 5.96. The summed E-state index contributed by atoms with van der Waals surface area (Å²) in [4.78, 5) is 23.1. The number of hydrogen-bond donors (Lipinski definition) is 2. The minimum Gasteiger partial charge on any atom is -0.480 e. The third-order valence-electron chi connectivity index (χ3n) is 3.04. The van der Waals surface area contributed by atoms with Gasteiger partial charge in [0.05, 0.1) is 18.1 Å². The normalized spacial score (nSPS) is 12.1. The molecule has 1 heterocycles. The fourth-order valence-corrected chi connectivity index (χ4v) is 1.85. The Hall–Kier alpha value is -2.70. The summed E-state index contributed by atoms with van der Waals surface area (Å²) in [6.45, 7) is 3.49. The van der Waals surface area contributed by atoms with Crippen LogP contribution >= 0.6 is 0 Å². The summed E-state index contributed by atoms with van der Waals surface area (Å²) in [6.07, 6.45) is 3.25. The molecular weight excluding hydrogens is 272 g/mol. The van der Waals surface area contributed by atoms with Crippen LogP contribution in [0.1, 0.15) is 24.2 Å². The Morgan fingerprint density at radius 3 is 2.38 bits per heavy atom. The van der Waals surface area contributed by atoms with Gasteiger partial charge >= 0.3 is 5.97 Å². The van der Waals surface area contributed by atoms with Crippen molar-refractivity contribution in [2.75, 3.05) is 0 Å². The number of aliphatic carboxylic acids is 1. The van der Waals surface area contributed by atoms with Crippen molar-refractivity contribution >= 4 is 11.9 Å². The van der Waals surface area contributed by atoms with E-state index in [2.05, 4.69) is 15.6 Å². The maximum atomic E-state index is 12.1. The van der Waals surface area contributed by atoms with Gasteiger partial charge < -0.3 is 10.4 Å². The van der Waals surface area contributed by atoms with Crippen LogP contribution in [0.2, 0.25) is 0 Å². The number of aromatic nitrogens is 3. The lowest BCUT2D eigenvalue weighted by Crippen LogP contribution is -2.44. The second-order valence-electron chi connectivity index (χ2n) is 4.93. The van der Waals surface area contributed by atoms with Crippen LogP contribution in [0, 0.1) is 5.92 Å². The van der Waals surface area contributed by atoms with E-state index in [1.165, 1.54) is 0 Å². The van der Waals surface area contributed by atoms with E-state index in [4.69, 9.17) is 5.11 Å². The van der Waals surface area contributed by atoms with Crippen molar-refractivity contribution in [1.82, 2.24) is 20.3 Å². The number of amides is 1. The Labute approximate surface area is 121 Å². The summed E-state index contributed by atoms with van der Waals surface area (Å²) in [5, 5.41) is 19.1. The summed E-state index contributed by atoms with van der Waals surface area (Å²) in [5.74, 6) is -1.65. The molecule has 0 fully saturated rings. The summed E-state index contributed by atoms with van der Waals surface area (Å²) in [5.41, 5.74) is 1.16. The molecule has 0 aliphatic heterocycles. The lowest BCUT2D eigenvalue weighted by molar-refractivity contribution is -0.140. The summed E-state index contributed by atoms with van der Waals surface area (Å²) < 4.78 is 1.57. The highest BCUT2D eigenvalue weighted by Gasteiger charge is 2.23. The number of nitrogens with one attached hydrogen (secondary N) is 1. The standard InChI is InChI=1S/C14H16N4O3/c1-9(2)12(14(20)21)16-13(19)10-3-5-11(6-4-10)18-8-7-15-17-18/h3-9,12H,1-2H3,(H,16,19)(H,20,21). The van der Waals surface area contributed by atoms with Gasteiger partial charge in [-0.3, -0.25) is 4.79 Å². The fourth-order valence-electron chi connectivity index (χ4n) is 1.85. The Morgan fingerprint density at radius 2 is 1.90 bits per heavy atom. The van der Waals surface area contributed by atoms with Crippen LogP contribution in [0.25, 0.3) is 5.69 Å². The van der Waals surface area contributed by atoms with Crippen LogP contribution in [0.3, 0.4) is 0 Å². The van der Waals surface area contributed by atoms with Crippen molar-refractivity contribution in [3.63, 3.8) is 0 Å². The third-order valence-corrected chi connectivity index (χ3v) is 3.04. The van der Waals surface area contributed by atoms with E-state index in [1.54, 1.807) is 55.2 Å². The molecular formula is C14H16N4O3. The van der Waals surface area contributed by atoms with Gasteiger partial charge in [0.1, 0.15) is 6.04 Å². The SMILES string of the molecule is CC(C)C(NC(=O)c1ccc(-n2ccnn2)cc1)C(=O)O. The first kappa shape index (κ1) is 14.7. The highest BCUT2D eigenvalue weighted by atomic mass is 16.4. The van der Waals surface area contributed by atoms with E-state index in [9.17, 15) is 9.59 Å². The molecule has 2 rings (SSSR count). The van der Waals surface area contributed by atoms with Crippen LogP contribution in [0.4, 0.5) is 0 Å². The maximum Gasteiger partial charge on any atom is 0.326 e. The minimum atomic E-state index is -1.04. The number of nitrogens with zero attached hydrogens (tertiary/aromatic N) is 3. The molecule has 0 bridgehead atoms. The molecule has 7 heteroatoms. The molecule has 1 unspecified atom stereocenters. The molecule has 0 aliphatic carbocycles. The first-order chi connectivity index (χ1) is 9.99. The van der Waals surface area contributed by atoms with E-state index in [0.717, 1.165) is 5.69 Å². The number of carbonyl (C=O) groups is 2.